The van der Waals surface area contributed by atoms with E-state index < -0.39 is 0 Å². The molecule has 1 N–H and O–H groups in total. The van der Waals surface area contributed by atoms with Crippen LogP contribution < -0.4 is 10.1 Å². The van der Waals surface area contributed by atoms with Crippen molar-refractivity contribution in [2.45, 2.75) is 26.8 Å². The molecule has 5 rings (SSSR count). The first-order valence-electron chi connectivity index (χ1n) is 10.7. The van der Waals surface area contributed by atoms with Crippen LogP contribution in [0.3, 0.4) is 0 Å². The number of nitrogens with one attached hydrogen (secondary N) is 1. The molecule has 0 aliphatic carbocycles. The van der Waals surface area contributed by atoms with Crippen molar-refractivity contribution in [2.75, 3.05) is 12.4 Å². The van der Waals surface area contributed by atoms with Crippen molar-refractivity contribution >= 4 is 17.0 Å². The van der Waals surface area contributed by atoms with Crippen LogP contribution in [0.4, 0.5) is 11.5 Å². The molecule has 0 amide bonds. The van der Waals surface area contributed by atoms with Gasteiger partial charge in [0.15, 0.2) is 11.6 Å². The van der Waals surface area contributed by atoms with Gasteiger partial charge in [0.2, 0.25) is 11.7 Å². The first-order valence-corrected chi connectivity index (χ1v) is 10.7. The molecular formula is C23H25N9O. The van der Waals surface area contributed by atoms with E-state index in [0.29, 0.717) is 29.0 Å². The van der Waals surface area contributed by atoms with Crippen LogP contribution in [-0.2, 0) is 7.05 Å². The Labute approximate surface area is 190 Å². The van der Waals surface area contributed by atoms with Gasteiger partial charge in [-0.25, -0.2) is 19.5 Å². The highest BCUT2D eigenvalue weighted by Crippen LogP contribution is 2.34. The quantitative estimate of drug-likeness (QED) is 0.423. The number of aromatic nitrogens is 8. The highest BCUT2D eigenvalue weighted by atomic mass is 16.5. The Morgan fingerprint density at radius 3 is 2.61 bits per heavy atom. The van der Waals surface area contributed by atoms with E-state index in [1.54, 1.807) is 19.5 Å². The fourth-order valence-corrected chi connectivity index (χ4v) is 3.80. The Bertz CT molecular complexity index is 1440. The molecule has 0 atom stereocenters. The van der Waals surface area contributed by atoms with E-state index in [4.69, 9.17) is 19.9 Å². The predicted molar refractivity (Wildman–Crippen MR) is 126 cm³/mol. The molecule has 0 unspecified atom stereocenters. The molecule has 0 aliphatic heterocycles. The summed E-state index contributed by atoms with van der Waals surface area (Å²) < 4.78 is 11.1. The monoisotopic (exact) mass is 443 g/mol. The van der Waals surface area contributed by atoms with E-state index >= 15 is 0 Å². The van der Waals surface area contributed by atoms with Crippen LogP contribution in [0.2, 0.25) is 0 Å². The summed E-state index contributed by atoms with van der Waals surface area (Å²) in [5, 5.41) is 12.9. The van der Waals surface area contributed by atoms with E-state index in [2.05, 4.69) is 36.1 Å². The van der Waals surface area contributed by atoms with Crippen molar-refractivity contribution in [3.05, 3.63) is 54.7 Å². The lowest BCUT2D eigenvalue weighted by molar-refractivity contribution is 0.400. The van der Waals surface area contributed by atoms with Crippen molar-refractivity contribution in [3.63, 3.8) is 0 Å². The number of ether oxygens (including phenoxy) is 1. The minimum absolute atomic E-state index is 0.279. The Hall–Kier alpha value is -4.21. The van der Waals surface area contributed by atoms with Gasteiger partial charge in [-0.2, -0.15) is 5.10 Å². The molecule has 33 heavy (non-hydrogen) atoms. The zero-order valence-corrected chi connectivity index (χ0v) is 19.2. The Balaban J connectivity index is 1.72. The third-order valence-corrected chi connectivity index (χ3v) is 5.54. The third kappa shape index (κ3) is 3.59. The largest absolute Gasteiger partial charge is 0.480 e. The molecule has 0 bridgehead atoms. The molecule has 0 saturated heterocycles. The van der Waals surface area contributed by atoms with Crippen molar-refractivity contribution < 1.29 is 4.74 Å². The summed E-state index contributed by atoms with van der Waals surface area (Å²) in [5.74, 6) is 2.26. The lowest BCUT2D eigenvalue weighted by Gasteiger charge is -2.12. The highest BCUT2D eigenvalue weighted by molar-refractivity contribution is 5.84. The van der Waals surface area contributed by atoms with Gasteiger partial charge < -0.3 is 14.6 Å². The summed E-state index contributed by atoms with van der Waals surface area (Å²) in [6.07, 6.45) is 9.25. The second-order valence-electron chi connectivity index (χ2n) is 8.07. The minimum atomic E-state index is 0.279. The average Bonchev–Trinajstić information content (AvgIpc) is 3.53. The number of nitrogens with zero attached hydrogens (tertiary/aromatic N) is 8. The van der Waals surface area contributed by atoms with Crippen molar-refractivity contribution in [3.8, 4) is 28.8 Å². The molecular weight excluding hydrogens is 418 g/mol. The first kappa shape index (κ1) is 20.7. The molecule has 0 spiro atoms. The molecule has 10 nitrogen and oxygen atoms in total. The molecule has 0 aliphatic rings. The number of hydrogen-bond acceptors (Lipinski definition) is 7. The second-order valence-corrected chi connectivity index (χ2v) is 8.07. The van der Waals surface area contributed by atoms with Gasteiger partial charge in [-0.15, -0.1) is 5.10 Å². The van der Waals surface area contributed by atoms with E-state index in [1.165, 1.54) is 0 Å². The Morgan fingerprint density at radius 2 is 1.91 bits per heavy atom. The van der Waals surface area contributed by atoms with E-state index in [1.807, 2.05) is 57.6 Å². The molecule has 0 radical (unpaired) electrons. The zero-order valence-electron chi connectivity index (χ0n) is 19.2. The molecule has 10 heteroatoms. The van der Waals surface area contributed by atoms with Gasteiger partial charge in [0.05, 0.1) is 12.8 Å². The van der Waals surface area contributed by atoms with Crippen molar-refractivity contribution in [1.29, 1.82) is 0 Å². The van der Waals surface area contributed by atoms with E-state index in [9.17, 15) is 0 Å². The van der Waals surface area contributed by atoms with Crippen LogP contribution >= 0.6 is 0 Å². The number of anilines is 2. The van der Waals surface area contributed by atoms with Gasteiger partial charge in [-0.1, -0.05) is 0 Å². The number of methoxy groups -OCH3 is 1. The van der Waals surface area contributed by atoms with Gasteiger partial charge in [0, 0.05) is 49.6 Å². The van der Waals surface area contributed by atoms with E-state index in [0.717, 1.165) is 22.3 Å². The molecule has 5 aromatic heterocycles. The first-order chi connectivity index (χ1) is 16.0. The van der Waals surface area contributed by atoms with Crippen molar-refractivity contribution in [1.82, 2.24) is 38.9 Å². The summed E-state index contributed by atoms with van der Waals surface area (Å²) in [7, 11) is 3.51. The standard InChI is InChI=1S/C23H25N9O/c1-14(2)31-11-8-17(28-31)16-13-32-19(15(16)3)20(26-18-7-6-9-25-23(18)33-5)27-21(29-32)22-24-10-12-30(22)4/h6-14H,1-5H3,(H,26,27,29). The van der Waals surface area contributed by atoms with Crippen LogP contribution in [-0.4, -0.2) is 46.0 Å². The summed E-state index contributed by atoms with van der Waals surface area (Å²) >= 11 is 0. The Morgan fingerprint density at radius 1 is 1.06 bits per heavy atom. The van der Waals surface area contributed by atoms with E-state index in [-0.39, 0.29) is 6.04 Å². The van der Waals surface area contributed by atoms with Crippen LogP contribution in [0.5, 0.6) is 5.88 Å². The number of hydrogen-bond donors (Lipinski definition) is 1. The maximum Gasteiger partial charge on any atom is 0.237 e. The molecule has 168 valence electrons. The van der Waals surface area contributed by atoms with Gasteiger partial charge in [-0.3, -0.25) is 4.68 Å². The van der Waals surface area contributed by atoms with Crippen molar-refractivity contribution in [2.24, 2.45) is 7.05 Å². The lowest BCUT2D eigenvalue weighted by atomic mass is 10.1. The maximum atomic E-state index is 5.43. The fourth-order valence-electron chi connectivity index (χ4n) is 3.80. The highest BCUT2D eigenvalue weighted by Gasteiger charge is 2.20. The maximum absolute atomic E-state index is 5.43. The van der Waals surface area contributed by atoms with Gasteiger partial charge in [0.25, 0.3) is 0 Å². The fraction of sp³-hybridized carbons (Fsp3) is 0.261. The van der Waals surface area contributed by atoms with Crippen LogP contribution in [0.15, 0.2) is 49.2 Å². The molecule has 5 heterocycles. The smallest absolute Gasteiger partial charge is 0.237 e. The predicted octanol–water partition coefficient (Wildman–Crippen LogP) is 4.03. The molecule has 0 fully saturated rings. The van der Waals surface area contributed by atoms with Gasteiger partial charge >= 0.3 is 0 Å². The summed E-state index contributed by atoms with van der Waals surface area (Å²) in [5.41, 5.74) is 4.43. The topological polar surface area (TPSA) is 100.0 Å². The molecule has 5 aromatic rings. The van der Waals surface area contributed by atoms with Crippen LogP contribution in [0, 0.1) is 6.92 Å². The number of pyridine rings is 1. The molecule has 0 aromatic carbocycles. The Kier molecular flexibility index (Phi) is 5.04. The second kappa shape index (κ2) is 8.05. The van der Waals surface area contributed by atoms with Crippen LogP contribution in [0.1, 0.15) is 25.5 Å². The number of aryl methyl sites for hydroxylation is 2. The third-order valence-electron chi connectivity index (χ3n) is 5.54. The summed E-state index contributed by atoms with van der Waals surface area (Å²) in [6, 6.07) is 6.04. The van der Waals surface area contributed by atoms with Gasteiger partial charge in [-0.05, 0) is 44.5 Å². The summed E-state index contributed by atoms with van der Waals surface area (Å²) in [4.78, 5) is 13.6. The minimum Gasteiger partial charge on any atom is -0.480 e. The zero-order chi connectivity index (χ0) is 23.1. The number of imidazole rings is 1. The lowest BCUT2D eigenvalue weighted by Crippen LogP contribution is -2.07. The summed E-state index contributed by atoms with van der Waals surface area (Å²) in [6.45, 7) is 6.26. The average molecular weight is 444 g/mol. The van der Waals surface area contributed by atoms with Gasteiger partial charge in [0.1, 0.15) is 11.2 Å². The SMILES string of the molecule is COc1ncccc1Nc1nc(-c2nccn2C)nn2cc(-c3ccn(C(C)C)n3)c(C)c12. The number of fused-ring (bicyclic) bond motifs is 1. The number of rotatable bonds is 6. The van der Waals surface area contributed by atoms with Crippen LogP contribution in [0.25, 0.3) is 28.4 Å². The normalized spacial score (nSPS) is 11.5. The molecule has 0 saturated carbocycles.